The molecule has 3 heterocycles. The van der Waals surface area contributed by atoms with Crippen LogP contribution in [0, 0.1) is 0 Å². The molecule has 0 radical (unpaired) electrons. The van der Waals surface area contributed by atoms with Crippen LogP contribution in [-0.2, 0) is 21.4 Å². The fraction of sp³-hybridized carbons (Fsp3) is 0.429. The van der Waals surface area contributed by atoms with Gasteiger partial charge >= 0.3 is 0 Å². The largest absolute Gasteiger partial charge is 0.377 e. The molecule has 1 aliphatic heterocycles. The van der Waals surface area contributed by atoms with Gasteiger partial charge in [0.2, 0.25) is 10.0 Å². The number of hydrogen-bond donors (Lipinski definition) is 1. The number of fused-ring (bicyclic) bond motifs is 1. The molecule has 0 unspecified atom stereocenters. The Bertz CT molecular complexity index is 1110. The van der Waals surface area contributed by atoms with Crippen LogP contribution in [0.2, 0.25) is 0 Å². The van der Waals surface area contributed by atoms with Gasteiger partial charge in [0.25, 0.3) is 0 Å². The van der Waals surface area contributed by atoms with E-state index in [2.05, 4.69) is 27.8 Å². The Balaban J connectivity index is 1.65. The average molecular weight is 447 g/mol. The number of piperidine rings is 1. The Morgan fingerprint density at radius 3 is 2.60 bits per heavy atom. The second-order valence-electron chi connectivity index (χ2n) is 7.34. The molecule has 7 nitrogen and oxygen atoms in total. The van der Waals surface area contributed by atoms with Crippen molar-refractivity contribution >= 4 is 37.4 Å². The number of rotatable bonds is 7. The summed E-state index contributed by atoms with van der Waals surface area (Å²) in [4.78, 5) is 10.4. The van der Waals surface area contributed by atoms with E-state index in [1.165, 1.54) is 0 Å². The van der Waals surface area contributed by atoms with Crippen LogP contribution in [0.4, 0.5) is 5.82 Å². The maximum atomic E-state index is 12.1. The minimum absolute atomic E-state index is 0.146. The molecule has 30 heavy (non-hydrogen) atoms. The highest BCUT2D eigenvalue weighted by atomic mass is 32.2. The zero-order chi connectivity index (χ0) is 21.1. The van der Waals surface area contributed by atoms with Crippen molar-refractivity contribution in [1.29, 1.82) is 0 Å². The van der Waals surface area contributed by atoms with E-state index in [4.69, 9.17) is 9.72 Å². The summed E-state index contributed by atoms with van der Waals surface area (Å²) in [7, 11) is -1.50. The molecule has 1 saturated heterocycles. The Morgan fingerprint density at radius 1 is 1.20 bits per heavy atom. The third-order valence-electron chi connectivity index (χ3n) is 5.39. The number of nitrogens with one attached hydrogen (secondary N) is 1. The minimum Gasteiger partial charge on any atom is -0.377 e. The van der Waals surface area contributed by atoms with E-state index in [-0.39, 0.29) is 11.8 Å². The highest BCUT2D eigenvalue weighted by Gasteiger charge is 2.27. The first kappa shape index (κ1) is 21.2. The molecule has 160 valence electrons. The number of methoxy groups -OCH3 is 1. The van der Waals surface area contributed by atoms with E-state index in [0.29, 0.717) is 25.5 Å². The van der Waals surface area contributed by atoms with Crippen LogP contribution in [0.1, 0.15) is 25.6 Å². The quantitative estimate of drug-likeness (QED) is 0.595. The second-order valence-corrected chi connectivity index (χ2v) is 10.5. The third-order valence-corrected chi connectivity index (χ3v) is 8.14. The van der Waals surface area contributed by atoms with Crippen LogP contribution in [0.5, 0.6) is 0 Å². The van der Waals surface area contributed by atoms with E-state index in [1.54, 1.807) is 29.7 Å². The Hall–Kier alpha value is -2.07. The number of hydrogen-bond acceptors (Lipinski definition) is 7. The summed E-state index contributed by atoms with van der Waals surface area (Å²) in [5, 5.41) is 6.71. The van der Waals surface area contributed by atoms with Crippen LogP contribution >= 0.6 is 11.3 Å². The number of sulfonamides is 1. The summed E-state index contributed by atoms with van der Waals surface area (Å²) in [5.74, 6) is 1.58. The van der Waals surface area contributed by atoms with Crippen molar-refractivity contribution in [3.8, 4) is 11.1 Å². The molecule has 0 aliphatic carbocycles. The van der Waals surface area contributed by atoms with E-state index < -0.39 is 10.0 Å². The molecule has 0 spiro atoms. The molecule has 3 aromatic rings. The lowest BCUT2D eigenvalue weighted by Crippen LogP contribution is -2.43. The van der Waals surface area contributed by atoms with Gasteiger partial charge in [-0.2, -0.15) is 0 Å². The van der Waals surface area contributed by atoms with E-state index >= 15 is 0 Å². The van der Waals surface area contributed by atoms with Crippen molar-refractivity contribution in [1.82, 2.24) is 14.3 Å². The Kier molecular flexibility index (Phi) is 6.33. The lowest BCUT2D eigenvalue weighted by atomic mass is 10.0. The average Bonchev–Trinajstić information content (AvgIpc) is 3.19. The first-order valence-electron chi connectivity index (χ1n) is 10.1. The molecule has 1 N–H and O–H groups in total. The summed E-state index contributed by atoms with van der Waals surface area (Å²) in [6.07, 6.45) is 1.49. The van der Waals surface area contributed by atoms with Gasteiger partial charge < -0.3 is 10.1 Å². The van der Waals surface area contributed by atoms with E-state index in [1.807, 2.05) is 18.2 Å². The highest BCUT2D eigenvalue weighted by molar-refractivity contribution is 7.89. The van der Waals surface area contributed by atoms with Crippen molar-refractivity contribution in [2.24, 2.45) is 0 Å². The molecular weight excluding hydrogens is 420 g/mol. The van der Waals surface area contributed by atoms with Crippen molar-refractivity contribution in [2.45, 2.75) is 32.4 Å². The second kappa shape index (κ2) is 8.97. The van der Waals surface area contributed by atoms with Crippen LogP contribution in [0.25, 0.3) is 21.3 Å². The molecule has 1 fully saturated rings. The SMILES string of the molecule is CCS(=O)(=O)N1CCC(Nc2nc(COC)nc3scc(-c4ccccc4)c23)CC1. The lowest BCUT2D eigenvalue weighted by Gasteiger charge is -2.31. The van der Waals surface area contributed by atoms with Crippen molar-refractivity contribution in [3.05, 3.63) is 41.5 Å². The number of benzene rings is 1. The van der Waals surface area contributed by atoms with E-state index in [9.17, 15) is 8.42 Å². The van der Waals surface area contributed by atoms with Gasteiger partial charge in [-0.3, -0.25) is 0 Å². The predicted molar refractivity (Wildman–Crippen MR) is 121 cm³/mol. The summed E-state index contributed by atoms with van der Waals surface area (Å²) in [6.45, 7) is 3.09. The zero-order valence-electron chi connectivity index (χ0n) is 17.2. The Labute approximate surface area is 181 Å². The van der Waals surface area contributed by atoms with Gasteiger partial charge in [0.15, 0.2) is 5.82 Å². The normalized spacial score (nSPS) is 16.2. The van der Waals surface area contributed by atoms with Gasteiger partial charge in [-0.1, -0.05) is 30.3 Å². The molecule has 1 aliphatic rings. The highest BCUT2D eigenvalue weighted by Crippen LogP contribution is 2.37. The fourth-order valence-electron chi connectivity index (χ4n) is 3.77. The molecule has 9 heteroatoms. The molecule has 2 aromatic heterocycles. The van der Waals surface area contributed by atoms with Gasteiger partial charge in [-0.15, -0.1) is 11.3 Å². The smallest absolute Gasteiger partial charge is 0.213 e. The maximum absolute atomic E-state index is 12.1. The number of nitrogens with zero attached hydrogens (tertiary/aromatic N) is 3. The first-order valence-corrected chi connectivity index (χ1v) is 12.6. The summed E-state index contributed by atoms with van der Waals surface area (Å²) >= 11 is 1.60. The zero-order valence-corrected chi connectivity index (χ0v) is 18.8. The van der Waals surface area contributed by atoms with Gasteiger partial charge in [0.1, 0.15) is 17.3 Å². The molecule has 1 aromatic carbocycles. The molecule has 0 bridgehead atoms. The van der Waals surface area contributed by atoms with Crippen LogP contribution in [-0.4, -0.2) is 54.7 Å². The molecular formula is C21H26N4O3S2. The Morgan fingerprint density at radius 2 is 1.93 bits per heavy atom. The van der Waals surface area contributed by atoms with Crippen molar-refractivity contribution in [2.75, 3.05) is 31.3 Å². The van der Waals surface area contributed by atoms with Crippen LogP contribution < -0.4 is 5.32 Å². The summed E-state index contributed by atoms with van der Waals surface area (Å²) in [6, 6.07) is 10.4. The number of ether oxygens (including phenoxy) is 1. The predicted octanol–water partition coefficient (Wildman–Crippen LogP) is 3.73. The van der Waals surface area contributed by atoms with Crippen molar-refractivity contribution < 1.29 is 13.2 Å². The van der Waals surface area contributed by atoms with Gasteiger partial charge in [-0.05, 0) is 25.3 Å². The summed E-state index contributed by atoms with van der Waals surface area (Å²) < 4.78 is 31.1. The van der Waals surface area contributed by atoms with Crippen LogP contribution in [0.15, 0.2) is 35.7 Å². The fourth-order valence-corrected chi connectivity index (χ4v) is 5.87. The third kappa shape index (κ3) is 4.34. The first-order chi connectivity index (χ1) is 14.5. The van der Waals surface area contributed by atoms with Gasteiger partial charge in [-0.25, -0.2) is 22.7 Å². The molecule has 0 saturated carbocycles. The topological polar surface area (TPSA) is 84.4 Å². The lowest BCUT2D eigenvalue weighted by molar-refractivity contribution is 0.178. The van der Waals surface area contributed by atoms with Crippen LogP contribution in [0.3, 0.4) is 0 Å². The van der Waals surface area contributed by atoms with Gasteiger partial charge in [0, 0.05) is 37.2 Å². The molecule has 4 rings (SSSR count). The molecule has 0 amide bonds. The maximum Gasteiger partial charge on any atom is 0.213 e. The number of aromatic nitrogens is 2. The van der Waals surface area contributed by atoms with E-state index in [0.717, 1.165) is 40.0 Å². The monoisotopic (exact) mass is 446 g/mol. The standard InChI is InChI=1S/C21H26N4O3S2/c1-3-30(26,27)25-11-9-16(10-12-25)22-20-19-17(15-7-5-4-6-8-15)14-29-21(19)24-18(23-20)13-28-2/h4-8,14,16H,3,9-13H2,1-2H3,(H,22,23,24). The van der Waals surface area contributed by atoms with Crippen molar-refractivity contribution in [3.63, 3.8) is 0 Å². The number of anilines is 1. The molecule has 0 atom stereocenters. The van der Waals surface area contributed by atoms with Gasteiger partial charge in [0.05, 0.1) is 11.1 Å². The number of thiophene rings is 1. The minimum atomic E-state index is -3.13. The summed E-state index contributed by atoms with van der Waals surface area (Å²) in [5.41, 5.74) is 2.23.